The van der Waals surface area contributed by atoms with Crippen LogP contribution < -0.4 is 10.2 Å². The van der Waals surface area contributed by atoms with Crippen molar-refractivity contribution < 1.29 is 18.0 Å². The molecule has 4 rings (SSSR count). The molecule has 1 saturated heterocycles. The molecule has 1 aliphatic rings. The van der Waals surface area contributed by atoms with Gasteiger partial charge in [0.05, 0.1) is 5.56 Å². The molecule has 1 aliphatic heterocycles. The molecular weight excluding hydrogens is 383 g/mol. The van der Waals surface area contributed by atoms with Crippen LogP contribution in [0.5, 0.6) is 0 Å². The van der Waals surface area contributed by atoms with Gasteiger partial charge in [0.1, 0.15) is 0 Å². The van der Waals surface area contributed by atoms with Crippen LogP contribution in [-0.2, 0) is 17.5 Å². The zero-order chi connectivity index (χ0) is 20.4. The zero-order valence-electron chi connectivity index (χ0n) is 15.6. The van der Waals surface area contributed by atoms with Gasteiger partial charge in [0.2, 0.25) is 11.9 Å². The van der Waals surface area contributed by atoms with Crippen LogP contribution in [0.3, 0.4) is 0 Å². The first kappa shape index (κ1) is 19.2. The highest BCUT2D eigenvalue weighted by Gasteiger charge is 2.32. The van der Waals surface area contributed by atoms with Crippen molar-refractivity contribution in [3.63, 3.8) is 0 Å². The number of pyridine rings is 1. The van der Waals surface area contributed by atoms with Crippen LogP contribution in [0.2, 0.25) is 0 Å². The number of piperidine rings is 1. The topological polar surface area (TPSA) is 62.5 Å². The average molecular weight is 403 g/mol. The Bertz CT molecular complexity index is 994. The Labute approximate surface area is 165 Å². The summed E-state index contributed by atoms with van der Waals surface area (Å²) in [5, 5.41) is 11.0. The van der Waals surface area contributed by atoms with Crippen molar-refractivity contribution in [2.24, 2.45) is 5.92 Å². The highest BCUT2D eigenvalue weighted by atomic mass is 19.4. The summed E-state index contributed by atoms with van der Waals surface area (Å²) in [6.07, 6.45) is -2.20. The maximum atomic E-state index is 13.0. The van der Waals surface area contributed by atoms with E-state index in [1.807, 2.05) is 35.2 Å². The molecule has 3 aromatic rings. The Morgan fingerprint density at radius 2 is 1.79 bits per heavy atom. The Balaban J connectivity index is 1.40. The van der Waals surface area contributed by atoms with E-state index in [1.54, 1.807) is 0 Å². The van der Waals surface area contributed by atoms with Crippen molar-refractivity contribution in [1.29, 1.82) is 0 Å². The summed E-state index contributed by atoms with van der Waals surface area (Å²) >= 11 is 0. The first-order chi connectivity index (χ1) is 13.9. The number of nitrogens with zero attached hydrogens (tertiary/aromatic N) is 4. The van der Waals surface area contributed by atoms with Crippen molar-refractivity contribution in [2.75, 3.05) is 18.0 Å². The molecule has 1 aromatic carbocycles. The summed E-state index contributed by atoms with van der Waals surface area (Å²) in [7, 11) is 0. The summed E-state index contributed by atoms with van der Waals surface area (Å²) in [6.45, 7) is 1.54. The van der Waals surface area contributed by atoms with Crippen LogP contribution in [0.15, 0.2) is 48.7 Å². The monoisotopic (exact) mass is 403 g/mol. The lowest BCUT2D eigenvalue weighted by molar-refractivity contribution is -0.137. The van der Waals surface area contributed by atoms with E-state index < -0.39 is 11.7 Å². The fourth-order valence-electron chi connectivity index (χ4n) is 3.53. The number of rotatable bonds is 4. The van der Waals surface area contributed by atoms with Crippen LogP contribution in [-0.4, -0.2) is 33.6 Å². The Kier molecular flexibility index (Phi) is 5.12. The summed E-state index contributed by atoms with van der Waals surface area (Å²) in [4.78, 5) is 14.3. The lowest BCUT2D eigenvalue weighted by Crippen LogP contribution is -2.41. The molecule has 29 heavy (non-hydrogen) atoms. The predicted octanol–water partition coefficient (Wildman–Crippen LogP) is 3.28. The number of carbonyl (C=O) groups is 1. The number of fused-ring (bicyclic) bond motifs is 1. The van der Waals surface area contributed by atoms with E-state index in [9.17, 15) is 18.0 Å². The van der Waals surface area contributed by atoms with Gasteiger partial charge in [-0.05, 0) is 30.5 Å². The summed E-state index contributed by atoms with van der Waals surface area (Å²) in [5.41, 5.74) is 0.644. The number of hydrogen-bond acceptors (Lipinski definition) is 4. The molecule has 6 nitrogen and oxygen atoms in total. The molecule has 0 saturated carbocycles. The van der Waals surface area contributed by atoms with Crippen molar-refractivity contribution in [2.45, 2.75) is 25.6 Å². The third kappa shape index (κ3) is 4.18. The number of carbonyl (C=O) groups excluding carboxylic acids is 1. The fraction of sp³-hybridized carbons (Fsp3) is 0.350. The van der Waals surface area contributed by atoms with Crippen LogP contribution in [0.1, 0.15) is 24.0 Å². The van der Waals surface area contributed by atoms with Crippen molar-refractivity contribution in [3.8, 4) is 0 Å². The van der Waals surface area contributed by atoms with Gasteiger partial charge in [0.15, 0.2) is 5.65 Å². The average Bonchev–Trinajstić information content (AvgIpc) is 3.15. The lowest BCUT2D eigenvalue weighted by atomic mass is 9.96. The molecule has 0 unspecified atom stereocenters. The molecule has 1 N–H and O–H groups in total. The highest BCUT2D eigenvalue weighted by Crippen LogP contribution is 2.30. The maximum Gasteiger partial charge on any atom is 0.417 e. The predicted molar refractivity (Wildman–Crippen MR) is 101 cm³/mol. The Morgan fingerprint density at radius 3 is 2.48 bits per heavy atom. The van der Waals surface area contributed by atoms with Crippen LogP contribution in [0.25, 0.3) is 5.65 Å². The first-order valence-electron chi connectivity index (χ1n) is 9.40. The van der Waals surface area contributed by atoms with Gasteiger partial charge in [-0.1, -0.05) is 30.3 Å². The van der Waals surface area contributed by atoms with Crippen LogP contribution in [0, 0.1) is 5.92 Å². The Morgan fingerprint density at radius 1 is 1.07 bits per heavy atom. The minimum absolute atomic E-state index is 0.000961. The molecule has 0 aliphatic carbocycles. The maximum absolute atomic E-state index is 13.0. The van der Waals surface area contributed by atoms with Gasteiger partial charge in [0.25, 0.3) is 0 Å². The largest absolute Gasteiger partial charge is 0.417 e. The van der Waals surface area contributed by atoms with Gasteiger partial charge in [-0.3, -0.25) is 9.20 Å². The molecular formula is C20H20F3N5O. The Hall–Kier alpha value is -3.10. The standard InChI is InChI=1S/C20H20F3N5O/c21-20(22,23)16-6-7-17-25-26-19(28(17)13-16)27-10-8-15(9-11-27)18(29)24-12-14-4-2-1-3-5-14/h1-7,13,15H,8-12H2,(H,24,29). The molecule has 152 valence electrons. The fourth-order valence-corrected chi connectivity index (χ4v) is 3.53. The second-order valence-electron chi connectivity index (χ2n) is 7.11. The molecule has 0 spiro atoms. The number of alkyl halides is 3. The third-order valence-corrected chi connectivity index (χ3v) is 5.17. The van der Waals surface area contributed by atoms with Crippen molar-refractivity contribution in [1.82, 2.24) is 19.9 Å². The van der Waals surface area contributed by atoms with Gasteiger partial charge in [-0.25, -0.2) is 0 Å². The smallest absolute Gasteiger partial charge is 0.352 e. The van der Waals surface area contributed by atoms with E-state index >= 15 is 0 Å². The summed E-state index contributed by atoms with van der Waals surface area (Å²) < 4.78 is 40.4. The van der Waals surface area contributed by atoms with Crippen LogP contribution in [0.4, 0.5) is 19.1 Å². The molecule has 0 bridgehead atoms. The van der Waals surface area contributed by atoms with Crippen molar-refractivity contribution in [3.05, 3.63) is 59.8 Å². The minimum atomic E-state index is -4.43. The molecule has 0 atom stereocenters. The van der Waals surface area contributed by atoms with E-state index in [1.165, 1.54) is 10.5 Å². The van der Waals surface area contributed by atoms with E-state index in [4.69, 9.17) is 0 Å². The van der Waals surface area contributed by atoms with E-state index in [-0.39, 0.29) is 11.8 Å². The number of anilines is 1. The molecule has 1 amide bonds. The number of amides is 1. The van der Waals surface area contributed by atoms with Gasteiger partial charge < -0.3 is 10.2 Å². The van der Waals surface area contributed by atoms with Gasteiger partial charge in [0, 0.05) is 31.7 Å². The molecule has 1 fully saturated rings. The normalized spacial score (nSPS) is 15.6. The van der Waals surface area contributed by atoms with Crippen molar-refractivity contribution >= 4 is 17.5 Å². The van der Waals surface area contributed by atoms with E-state index in [0.29, 0.717) is 44.1 Å². The van der Waals surface area contributed by atoms with E-state index in [0.717, 1.165) is 17.8 Å². The van der Waals surface area contributed by atoms with Gasteiger partial charge in [-0.15, -0.1) is 10.2 Å². The number of benzene rings is 1. The second kappa shape index (κ2) is 7.73. The highest BCUT2D eigenvalue weighted by molar-refractivity contribution is 5.79. The summed E-state index contributed by atoms with van der Waals surface area (Å²) in [6, 6.07) is 12.0. The molecule has 2 aromatic heterocycles. The van der Waals surface area contributed by atoms with Gasteiger partial charge in [-0.2, -0.15) is 13.2 Å². The quantitative estimate of drug-likeness (QED) is 0.726. The third-order valence-electron chi connectivity index (χ3n) is 5.17. The SMILES string of the molecule is O=C(NCc1ccccc1)C1CCN(c2nnc3ccc(C(F)(F)F)cn23)CC1. The first-order valence-corrected chi connectivity index (χ1v) is 9.40. The minimum Gasteiger partial charge on any atom is -0.352 e. The van der Waals surface area contributed by atoms with Gasteiger partial charge >= 0.3 is 6.18 Å². The van der Waals surface area contributed by atoms with E-state index in [2.05, 4.69) is 15.5 Å². The molecule has 0 radical (unpaired) electrons. The zero-order valence-corrected chi connectivity index (χ0v) is 15.6. The molecule has 3 heterocycles. The second-order valence-corrected chi connectivity index (χ2v) is 7.11. The number of hydrogen-bond donors (Lipinski definition) is 1. The number of aromatic nitrogens is 3. The molecule has 9 heteroatoms. The number of nitrogens with one attached hydrogen (secondary N) is 1. The summed E-state index contributed by atoms with van der Waals surface area (Å²) in [5.74, 6) is 0.244. The lowest BCUT2D eigenvalue weighted by Gasteiger charge is -2.31. The number of halogens is 3. The van der Waals surface area contributed by atoms with Crippen LogP contribution >= 0.6 is 0 Å².